The molecule has 0 saturated carbocycles. The van der Waals surface area contributed by atoms with Crippen molar-refractivity contribution in [2.24, 2.45) is 0 Å². The van der Waals surface area contributed by atoms with Crippen LogP contribution in [0.4, 0.5) is 10.5 Å². The van der Waals surface area contributed by atoms with Gasteiger partial charge in [0.25, 0.3) is 0 Å². The minimum absolute atomic E-state index is 0.0831. The number of benzene rings is 1. The molecule has 3 heterocycles. The lowest BCUT2D eigenvalue weighted by molar-refractivity contribution is -0.0497. The second kappa shape index (κ2) is 6.02. The van der Waals surface area contributed by atoms with E-state index in [4.69, 9.17) is 14.2 Å². The molecule has 0 radical (unpaired) electrons. The number of anilines is 1. The molecule has 2 amide bonds. The first-order chi connectivity index (χ1) is 11.6. The van der Waals surface area contributed by atoms with Crippen LogP contribution in [0.5, 0.6) is 11.5 Å². The van der Waals surface area contributed by atoms with Crippen LogP contribution in [0.15, 0.2) is 29.8 Å². The summed E-state index contributed by atoms with van der Waals surface area (Å²) in [5, 5.41) is 2.94. The Bertz CT molecular complexity index is 678. The highest BCUT2D eigenvalue weighted by atomic mass is 16.7. The summed E-state index contributed by atoms with van der Waals surface area (Å²) in [6, 6.07) is 5.35. The molecule has 1 aromatic carbocycles. The summed E-state index contributed by atoms with van der Waals surface area (Å²) in [6.45, 7) is 4.56. The standard InChI is InChI=1S/C18H22N2O4/c1-13-4-9-24-18(11-13)5-7-20(8-6-18)17(21)19-14-2-3-15-16(10-14)23-12-22-15/h2-3,10-11H,4-9,12H2,1H3,(H,19,21). The number of carbonyl (C=O) groups excluding carboxylic acids is 1. The van der Waals surface area contributed by atoms with Gasteiger partial charge in [0, 0.05) is 24.8 Å². The van der Waals surface area contributed by atoms with Crippen LogP contribution >= 0.6 is 0 Å². The maximum Gasteiger partial charge on any atom is 0.321 e. The van der Waals surface area contributed by atoms with Gasteiger partial charge in [-0.2, -0.15) is 0 Å². The number of nitrogens with one attached hydrogen (secondary N) is 1. The van der Waals surface area contributed by atoms with Gasteiger partial charge in [-0.15, -0.1) is 0 Å². The van der Waals surface area contributed by atoms with Crippen molar-refractivity contribution >= 4 is 11.7 Å². The van der Waals surface area contributed by atoms with E-state index in [9.17, 15) is 4.79 Å². The normalized spacial score (nSPS) is 21.5. The maximum absolute atomic E-state index is 12.5. The predicted octanol–water partition coefficient (Wildman–Crippen LogP) is 3.15. The molecule has 24 heavy (non-hydrogen) atoms. The lowest BCUT2D eigenvalue weighted by Crippen LogP contribution is -2.49. The number of ether oxygens (including phenoxy) is 3. The molecule has 1 saturated heterocycles. The molecule has 1 spiro atoms. The zero-order valence-electron chi connectivity index (χ0n) is 13.8. The number of fused-ring (bicyclic) bond motifs is 1. The zero-order chi connectivity index (χ0) is 16.6. The van der Waals surface area contributed by atoms with Gasteiger partial charge in [0.1, 0.15) is 0 Å². The smallest absolute Gasteiger partial charge is 0.321 e. The summed E-state index contributed by atoms with van der Waals surface area (Å²) in [4.78, 5) is 14.3. The second-order valence-corrected chi connectivity index (χ2v) is 6.64. The third-order valence-electron chi connectivity index (χ3n) is 4.92. The van der Waals surface area contributed by atoms with E-state index in [1.165, 1.54) is 5.57 Å². The maximum atomic E-state index is 12.5. The van der Waals surface area contributed by atoms with Crippen LogP contribution in [-0.2, 0) is 4.74 Å². The number of rotatable bonds is 1. The number of hydrogen-bond donors (Lipinski definition) is 1. The summed E-state index contributed by atoms with van der Waals surface area (Å²) >= 11 is 0. The number of nitrogens with zero attached hydrogens (tertiary/aromatic N) is 1. The van der Waals surface area contributed by atoms with Crippen LogP contribution in [0.3, 0.4) is 0 Å². The third kappa shape index (κ3) is 2.94. The van der Waals surface area contributed by atoms with Gasteiger partial charge in [-0.25, -0.2) is 4.79 Å². The van der Waals surface area contributed by atoms with Gasteiger partial charge in [0.05, 0.1) is 12.2 Å². The average molecular weight is 330 g/mol. The molecule has 6 nitrogen and oxygen atoms in total. The Morgan fingerprint density at radius 2 is 2.00 bits per heavy atom. The Balaban J connectivity index is 1.37. The Morgan fingerprint density at radius 1 is 1.21 bits per heavy atom. The van der Waals surface area contributed by atoms with Gasteiger partial charge in [-0.1, -0.05) is 11.6 Å². The number of piperidine rings is 1. The topological polar surface area (TPSA) is 60.0 Å². The van der Waals surface area contributed by atoms with Gasteiger partial charge >= 0.3 is 6.03 Å². The van der Waals surface area contributed by atoms with Crippen molar-refractivity contribution in [3.8, 4) is 11.5 Å². The summed E-state index contributed by atoms with van der Waals surface area (Å²) in [6.07, 6.45) is 4.96. The fraction of sp³-hybridized carbons (Fsp3) is 0.500. The van der Waals surface area contributed by atoms with E-state index in [1.54, 1.807) is 6.07 Å². The van der Waals surface area contributed by atoms with Gasteiger partial charge < -0.3 is 24.4 Å². The molecule has 0 unspecified atom stereocenters. The molecular weight excluding hydrogens is 308 g/mol. The highest BCUT2D eigenvalue weighted by molar-refractivity contribution is 5.89. The summed E-state index contributed by atoms with van der Waals surface area (Å²) < 4.78 is 16.6. The van der Waals surface area contributed by atoms with Crippen LogP contribution < -0.4 is 14.8 Å². The molecule has 3 aliphatic rings. The van der Waals surface area contributed by atoms with Crippen molar-refractivity contribution in [3.05, 3.63) is 29.8 Å². The van der Waals surface area contributed by atoms with Gasteiger partial charge in [-0.3, -0.25) is 0 Å². The SMILES string of the molecule is CC1=CC2(CCN(C(=O)Nc3ccc4c(c3)OCO4)CC2)OCC1. The lowest BCUT2D eigenvalue weighted by Gasteiger charge is -2.42. The first-order valence-corrected chi connectivity index (χ1v) is 8.41. The fourth-order valence-electron chi connectivity index (χ4n) is 3.53. The number of amides is 2. The predicted molar refractivity (Wildman–Crippen MR) is 89.4 cm³/mol. The van der Waals surface area contributed by atoms with Crippen molar-refractivity contribution in [2.75, 3.05) is 31.8 Å². The first kappa shape index (κ1) is 15.3. The van der Waals surface area contributed by atoms with Gasteiger partial charge in [0.2, 0.25) is 6.79 Å². The first-order valence-electron chi connectivity index (χ1n) is 8.41. The summed E-state index contributed by atoms with van der Waals surface area (Å²) in [5.41, 5.74) is 1.94. The highest BCUT2D eigenvalue weighted by Gasteiger charge is 2.36. The molecule has 3 aliphatic heterocycles. The van der Waals surface area contributed by atoms with Crippen LogP contribution in [0.2, 0.25) is 0 Å². The summed E-state index contributed by atoms with van der Waals surface area (Å²) in [7, 11) is 0. The number of hydrogen-bond acceptors (Lipinski definition) is 4. The van der Waals surface area contributed by atoms with E-state index in [0.29, 0.717) is 30.3 Å². The molecule has 128 valence electrons. The van der Waals surface area contributed by atoms with E-state index in [1.807, 2.05) is 17.0 Å². The molecule has 1 fully saturated rings. The van der Waals surface area contributed by atoms with E-state index in [-0.39, 0.29) is 18.4 Å². The van der Waals surface area contributed by atoms with Gasteiger partial charge in [-0.05, 0) is 38.3 Å². The van der Waals surface area contributed by atoms with Crippen molar-refractivity contribution in [1.29, 1.82) is 0 Å². The summed E-state index contributed by atoms with van der Waals surface area (Å²) in [5.74, 6) is 1.38. The van der Waals surface area contributed by atoms with E-state index >= 15 is 0 Å². The minimum Gasteiger partial charge on any atom is -0.454 e. The molecule has 6 heteroatoms. The number of urea groups is 1. The fourth-order valence-corrected chi connectivity index (χ4v) is 3.53. The van der Waals surface area contributed by atoms with Crippen molar-refractivity contribution in [2.45, 2.75) is 31.8 Å². The van der Waals surface area contributed by atoms with E-state index in [0.717, 1.165) is 25.9 Å². The molecule has 4 rings (SSSR count). The molecule has 0 atom stereocenters. The highest BCUT2D eigenvalue weighted by Crippen LogP contribution is 2.35. The Morgan fingerprint density at radius 3 is 2.79 bits per heavy atom. The molecule has 1 aromatic rings. The molecule has 0 bridgehead atoms. The van der Waals surface area contributed by atoms with Crippen LogP contribution in [0.25, 0.3) is 0 Å². The third-order valence-corrected chi connectivity index (χ3v) is 4.92. The average Bonchev–Trinajstić information content (AvgIpc) is 3.03. The van der Waals surface area contributed by atoms with Crippen molar-refractivity contribution < 1.29 is 19.0 Å². The quantitative estimate of drug-likeness (QED) is 0.804. The van der Waals surface area contributed by atoms with Crippen LogP contribution in [0.1, 0.15) is 26.2 Å². The van der Waals surface area contributed by atoms with E-state index in [2.05, 4.69) is 18.3 Å². The largest absolute Gasteiger partial charge is 0.454 e. The van der Waals surface area contributed by atoms with Crippen molar-refractivity contribution in [1.82, 2.24) is 4.90 Å². The molecule has 0 aliphatic carbocycles. The minimum atomic E-state index is -0.169. The lowest BCUT2D eigenvalue weighted by atomic mass is 9.87. The van der Waals surface area contributed by atoms with Crippen LogP contribution in [0, 0.1) is 0 Å². The Hall–Kier alpha value is -2.21. The Kier molecular flexibility index (Phi) is 3.84. The molecular formula is C18H22N2O4. The van der Waals surface area contributed by atoms with Gasteiger partial charge in [0.15, 0.2) is 11.5 Å². The second-order valence-electron chi connectivity index (χ2n) is 6.64. The van der Waals surface area contributed by atoms with E-state index < -0.39 is 0 Å². The zero-order valence-corrected chi connectivity index (χ0v) is 13.8. The van der Waals surface area contributed by atoms with Crippen LogP contribution in [-0.4, -0.2) is 43.0 Å². The van der Waals surface area contributed by atoms with Crippen molar-refractivity contribution in [3.63, 3.8) is 0 Å². The monoisotopic (exact) mass is 330 g/mol. The molecule has 0 aromatic heterocycles. The number of likely N-dealkylation sites (tertiary alicyclic amines) is 1. The molecule has 1 N–H and O–H groups in total. The Labute approximate surface area is 141 Å². The number of carbonyl (C=O) groups is 1.